The molecule has 144 valence electrons. The van der Waals surface area contributed by atoms with Crippen molar-refractivity contribution >= 4 is 52.9 Å². The first-order chi connectivity index (χ1) is 11.8. The van der Waals surface area contributed by atoms with Gasteiger partial charge in [0.25, 0.3) is 0 Å². The monoisotopic (exact) mass is 501 g/mol. The lowest BCUT2D eigenvalue weighted by atomic mass is 10.0. The number of guanidine groups is 1. The summed E-state index contributed by atoms with van der Waals surface area (Å²) in [7, 11) is 1.79. The molecule has 0 atom stereocenters. The van der Waals surface area contributed by atoms with Crippen molar-refractivity contribution in [3.8, 4) is 0 Å². The standard InChI is InChI=1S/C17H28ClN3O2S.HI/c1-19-17(21-9-5-15-3-4-16(18)24-15)20-8-2-10-23-13-14-6-11-22-12-7-14;/h3-4,14H,2,5-13H2,1H3,(H2,19,20,21);1H. The molecule has 2 N–H and O–H groups in total. The molecule has 1 aliphatic heterocycles. The van der Waals surface area contributed by atoms with Gasteiger partial charge in [-0.05, 0) is 43.7 Å². The van der Waals surface area contributed by atoms with Gasteiger partial charge in [0.1, 0.15) is 0 Å². The largest absolute Gasteiger partial charge is 0.381 e. The minimum Gasteiger partial charge on any atom is -0.381 e. The third-order valence-corrected chi connectivity index (χ3v) is 5.26. The molecule has 0 spiro atoms. The first kappa shape index (κ1) is 23.0. The third-order valence-electron chi connectivity index (χ3n) is 3.97. The molecular formula is C17H29ClIN3O2S. The van der Waals surface area contributed by atoms with E-state index in [4.69, 9.17) is 21.1 Å². The van der Waals surface area contributed by atoms with E-state index in [1.807, 2.05) is 6.07 Å². The maximum atomic E-state index is 5.93. The Balaban J connectivity index is 0.00000312. The molecular weight excluding hydrogens is 473 g/mol. The number of hydrogen-bond acceptors (Lipinski definition) is 4. The maximum absolute atomic E-state index is 5.93. The Kier molecular flexibility index (Phi) is 12.9. The van der Waals surface area contributed by atoms with E-state index in [0.717, 1.165) is 75.5 Å². The zero-order chi connectivity index (χ0) is 17.0. The summed E-state index contributed by atoms with van der Waals surface area (Å²) < 4.78 is 12.0. The van der Waals surface area contributed by atoms with Crippen LogP contribution >= 0.6 is 46.9 Å². The van der Waals surface area contributed by atoms with Crippen LogP contribution in [0, 0.1) is 5.92 Å². The molecule has 0 amide bonds. The summed E-state index contributed by atoms with van der Waals surface area (Å²) >= 11 is 7.56. The van der Waals surface area contributed by atoms with Crippen LogP contribution in [0.1, 0.15) is 24.1 Å². The summed E-state index contributed by atoms with van der Waals surface area (Å²) in [4.78, 5) is 5.51. The van der Waals surface area contributed by atoms with Crippen LogP contribution in [0.3, 0.4) is 0 Å². The Labute approximate surface area is 176 Å². The lowest BCUT2D eigenvalue weighted by Crippen LogP contribution is -2.39. The molecule has 0 aromatic carbocycles. The van der Waals surface area contributed by atoms with E-state index in [0.29, 0.717) is 5.92 Å². The smallest absolute Gasteiger partial charge is 0.190 e. The topological polar surface area (TPSA) is 54.9 Å². The maximum Gasteiger partial charge on any atom is 0.190 e. The van der Waals surface area contributed by atoms with E-state index in [1.54, 1.807) is 18.4 Å². The fourth-order valence-electron chi connectivity index (χ4n) is 2.55. The normalized spacial score (nSPS) is 15.7. The van der Waals surface area contributed by atoms with Crippen LogP contribution in [0.2, 0.25) is 4.34 Å². The molecule has 0 unspecified atom stereocenters. The van der Waals surface area contributed by atoms with Crippen molar-refractivity contribution in [3.63, 3.8) is 0 Å². The molecule has 1 aliphatic rings. The molecule has 2 heterocycles. The number of nitrogens with one attached hydrogen (secondary N) is 2. The van der Waals surface area contributed by atoms with Crippen molar-refractivity contribution in [2.24, 2.45) is 10.9 Å². The molecule has 1 aromatic heterocycles. The van der Waals surface area contributed by atoms with Crippen LogP contribution in [-0.4, -0.2) is 52.5 Å². The van der Waals surface area contributed by atoms with E-state index in [9.17, 15) is 0 Å². The van der Waals surface area contributed by atoms with Crippen LogP contribution < -0.4 is 10.6 Å². The molecule has 1 aromatic rings. The SMILES string of the molecule is CN=C(NCCCOCC1CCOCC1)NCCc1ccc(Cl)s1.I. The van der Waals surface area contributed by atoms with Gasteiger partial charge in [-0.25, -0.2) is 0 Å². The van der Waals surface area contributed by atoms with Crippen molar-refractivity contribution in [2.75, 3.05) is 46.6 Å². The molecule has 0 bridgehead atoms. The quantitative estimate of drug-likeness (QED) is 0.235. The highest BCUT2D eigenvalue weighted by Gasteiger charge is 2.13. The zero-order valence-electron chi connectivity index (χ0n) is 14.8. The summed E-state index contributed by atoms with van der Waals surface area (Å²) in [6.45, 7) is 5.12. The Morgan fingerprint density at radius 2 is 2.08 bits per heavy atom. The molecule has 1 fully saturated rings. The van der Waals surface area contributed by atoms with Gasteiger partial charge in [-0.3, -0.25) is 4.99 Å². The van der Waals surface area contributed by atoms with E-state index < -0.39 is 0 Å². The third kappa shape index (κ3) is 9.98. The Morgan fingerprint density at radius 1 is 1.32 bits per heavy atom. The Bertz CT molecular complexity index is 496. The first-order valence-electron chi connectivity index (χ1n) is 8.62. The summed E-state index contributed by atoms with van der Waals surface area (Å²) in [5, 5.41) is 6.63. The van der Waals surface area contributed by atoms with Crippen molar-refractivity contribution < 1.29 is 9.47 Å². The first-order valence-corrected chi connectivity index (χ1v) is 9.81. The van der Waals surface area contributed by atoms with Crippen LogP contribution in [0.25, 0.3) is 0 Å². The van der Waals surface area contributed by atoms with Gasteiger partial charge in [0.05, 0.1) is 4.34 Å². The number of thiophene rings is 1. The van der Waals surface area contributed by atoms with Crippen molar-refractivity contribution in [1.82, 2.24) is 10.6 Å². The Morgan fingerprint density at radius 3 is 2.76 bits per heavy atom. The number of hydrogen-bond donors (Lipinski definition) is 2. The second-order valence-corrected chi connectivity index (χ2v) is 7.67. The zero-order valence-corrected chi connectivity index (χ0v) is 18.7. The van der Waals surface area contributed by atoms with Crippen molar-refractivity contribution in [3.05, 3.63) is 21.3 Å². The van der Waals surface area contributed by atoms with E-state index in [-0.39, 0.29) is 24.0 Å². The van der Waals surface area contributed by atoms with Gasteiger partial charge in [0.2, 0.25) is 0 Å². The highest BCUT2D eigenvalue weighted by molar-refractivity contribution is 14.0. The van der Waals surface area contributed by atoms with Gasteiger partial charge in [-0.15, -0.1) is 35.3 Å². The number of halogens is 2. The molecule has 8 heteroatoms. The molecule has 0 aliphatic carbocycles. The molecule has 0 radical (unpaired) electrons. The average molecular weight is 502 g/mol. The van der Waals surface area contributed by atoms with Crippen LogP contribution in [-0.2, 0) is 15.9 Å². The number of rotatable bonds is 9. The summed E-state index contributed by atoms with van der Waals surface area (Å²) in [5.74, 6) is 1.51. The summed E-state index contributed by atoms with van der Waals surface area (Å²) in [6.07, 6.45) is 4.19. The summed E-state index contributed by atoms with van der Waals surface area (Å²) in [6, 6.07) is 4.01. The van der Waals surface area contributed by atoms with Gasteiger partial charge >= 0.3 is 0 Å². The fourth-order valence-corrected chi connectivity index (χ4v) is 3.64. The van der Waals surface area contributed by atoms with Gasteiger partial charge in [0, 0.05) is 51.4 Å². The number of ether oxygens (including phenoxy) is 2. The molecule has 1 saturated heterocycles. The summed E-state index contributed by atoms with van der Waals surface area (Å²) in [5.41, 5.74) is 0. The molecule has 0 saturated carbocycles. The van der Waals surface area contributed by atoms with Gasteiger partial charge in [-0.1, -0.05) is 11.6 Å². The van der Waals surface area contributed by atoms with Gasteiger partial charge < -0.3 is 20.1 Å². The van der Waals surface area contributed by atoms with Gasteiger partial charge in [0.15, 0.2) is 5.96 Å². The highest BCUT2D eigenvalue weighted by atomic mass is 127. The number of aliphatic imine (C=N–C) groups is 1. The van der Waals surface area contributed by atoms with E-state index >= 15 is 0 Å². The minimum absolute atomic E-state index is 0. The lowest BCUT2D eigenvalue weighted by molar-refractivity contribution is 0.0203. The minimum atomic E-state index is 0. The average Bonchev–Trinajstić information content (AvgIpc) is 3.02. The molecule has 2 rings (SSSR count). The van der Waals surface area contributed by atoms with Crippen molar-refractivity contribution in [1.29, 1.82) is 0 Å². The van der Waals surface area contributed by atoms with E-state index in [1.165, 1.54) is 4.88 Å². The van der Waals surface area contributed by atoms with Crippen molar-refractivity contribution in [2.45, 2.75) is 25.7 Å². The molecule has 5 nitrogen and oxygen atoms in total. The lowest BCUT2D eigenvalue weighted by Gasteiger charge is -2.21. The molecule has 25 heavy (non-hydrogen) atoms. The highest BCUT2D eigenvalue weighted by Crippen LogP contribution is 2.21. The van der Waals surface area contributed by atoms with Crippen LogP contribution in [0.4, 0.5) is 0 Å². The predicted molar refractivity (Wildman–Crippen MR) is 117 cm³/mol. The fraction of sp³-hybridized carbons (Fsp3) is 0.706. The van der Waals surface area contributed by atoms with Gasteiger partial charge in [-0.2, -0.15) is 0 Å². The van der Waals surface area contributed by atoms with Crippen LogP contribution in [0.15, 0.2) is 17.1 Å². The van der Waals surface area contributed by atoms with E-state index in [2.05, 4.69) is 21.7 Å². The number of nitrogens with zero attached hydrogens (tertiary/aromatic N) is 1. The second-order valence-electron chi connectivity index (χ2n) is 5.87. The second kappa shape index (κ2) is 14.0. The Hall–Kier alpha value is -0.0900. The predicted octanol–water partition coefficient (Wildman–Crippen LogP) is 3.56. The van der Waals surface area contributed by atoms with Crippen LogP contribution in [0.5, 0.6) is 0 Å².